The third-order valence-corrected chi connectivity index (χ3v) is 6.29. The Morgan fingerprint density at radius 1 is 1.21 bits per heavy atom. The number of rotatable bonds is 8. The molecule has 0 saturated carbocycles. The highest BCUT2D eigenvalue weighted by molar-refractivity contribution is 7.89. The van der Waals surface area contributed by atoms with Crippen molar-refractivity contribution in [1.82, 2.24) is 10.6 Å². The number of thiophene rings is 1. The van der Waals surface area contributed by atoms with Crippen molar-refractivity contribution < 1.29 is 12.8 Å². The Labute approximate surface area is 171 Å². The maximum atomic E-state index is 13.7. The lowest BCUT2D eigenvalue weighted by molar-refractivity contribution is 0.518. The number of nitrogens with zero attached hydrogens (tertiary/aromatic N) is 1. The van der Waals surface area contributed by atoms with Crippen LogP contribution in [0.25, 0.3) is 0 Å². The second-order valence-electron chi connectivity index (χ2n) is 7.39. The van der Waals surface area contributed by atoms with Crippen LogP contribution in [-0.2, 0) is 27.5 Å². The van der Waals surface area contributed by atoms with Crippen molar-refractivity contribution in [2.75, 3.05) is 19.3 Å². The number of nitrogens with one attached hydrogen (secondary N) is 2. The fraction of sp³-hybridized carbons (Fsp3) is 0.450. The Hall–Kier alpha value is -1.93. The van der Waals surface area contributed by atoms with Gasteiger partial charge in [-0.3, -0.25) is 0 Å². The monoisotopic (exact) mass is 425 g/mol. The first kappa shape index (κ1) is 22.4. The average Bonchev–Trinajstić information content (AvgIpc) is 3.14. The van der Waals surface area contributed by atoms with E-state index in [1.807, 2.05) is 13.0 Å². The Balaban J connectivity index is 2.15. The summed E-state index contributed by atoms with van der Waals surface area (Å²) in [4.78, 5) is 5.81. The molecule has 0 spiro atoms. The van der Waals surface area contributed by atoms with Crippen molar-refractivity contribution in [3.05, 3.63) is 57.5 Å². The average molecular weight is 426 g/mol. The zero-order chi connectivity index (χ0) is 20.8. The topological polar surface area (TPSA) is 70.6 Å². The molecule has 0 amide bonds. The van der Waals surface area contributed by atoms with Crippen LogP contribution in [0.15, 0.2) is 40.7 Å². The van der Waals surface area contributed by atoms with Crippen LogP contribution in [0, 0.1) is 5.82 Å². The normalized spacial score (nSPS) is 12.8. The molecule has 2 N–H and O–H groups in total. The highest BCUT2D eigenvalue weighted by Crippen LogP contribution is 2.26. The van der Waals surface area contributed by atoms with Gasteiger partial charge in [0.05, 0.1) is 12.3 Å². The van der Waals surface area contributed by atoms with Crippen LogP contribution in [0.2, 0.25) is 0 Å². The summed E-state index contributed by atoms with van der Waals surface area (Å²) in [5.41, 5.74) is 1.08. The van der Waals surface area contributed by atoms with Crippen molar-refractivity contribution in [3.63, 3.8) is 0 Å². The molecule has 0 aliphatic carbocycles. The van der Waals surface area contributed by atoms with Crippen LogP contribution >= 0.6 is 11.3 Å². The van der Waals surface area contributed by atoms with Crippen LogP contribution < -0.4 is 10.6 Å². The van der Waals surface area contributed by atoms with Crippen LogP contribution in [0.3, 0.4) is 0 Å². The Kier molecular flexibility index (Phi) is 7.60. The molecule has 1 aromatic heterocycles. The van der Waals surface area contributed by atoms with Gasteiger partial charge in [0.15, 0.2) is 15.8 Å². The molecular weight excluding hydrogens is 397 g/mol. The van der Waals surface area contributed by atoms with Gasteiger partial charge in [-0.2, -0.15) is 0 Å². The van der Waals surface area contributed by atoms with E-state index in [2.05, 4.69) is 40.9 Å². The van der Waals surface area contributed by atoms with Crippen LogP contribution in [0.4, 0.5) is 4.39 Å². The molecule has 1 heterocycles. The summed E-state index contributed by atoms with van der Waals surface area (Å²) in [7, 11) is -3.22. The molecule has 0 atom stereocenters. The lowest BCUT2D eigenvalue weighted by Gasteiger charge is -2.25. The van der Waals surface area contributed by atoms with Gasteiger partial charge >= 0.3 is 0 Å². The summed E-state index contributed by atoms with van der Waals surface area (Å²) < 4.78 is 37.0. The molecule has 5 nitrogen and oxygen atoms in total. The van der Waals surface area contributed by atoms with Gasteiger partial charge in [0, 0.05) is 29.6 Å². The van der Waals surface area contributed by atoms with Gasteiger partial charge in [0.2, 0.25) is 0 Å². The summed E-state index contributed by atoms with van der Waals surface area (Å²) >= 11 is 1.72. The number of guanidine groups is 1. The summed E-state index contributed by atoms with van der Waals surface area (Å²) in [6, 6.07) is 8.29. The minimum Gasteiger partial charge on any atom is -0.357 e. The van der Waals surface area contributed by atoms with Gasteiger partial charge in [0.1, 0.15) is 5.82 Å². The highest BCUT2D eigenvalue weighted by Gasteiger charge is 2.22. The fourth-order valence-electron chi connectivity index (χ4n) is 2.73. The number of hydrogen-bond donors (Lipinski definition) is 2. The smallest absolute Gasteiger partial charge is 0.191 e. The zero-order valence-corrected chi connectivity index (χ0v) is 18.4. The highest BCUT2D eigenvalue weighted by atomic mass is 32.2. The molecule has 0 saturated heterocycles. The van der Waals surface area contributed by atoms with Gasteiger partial charge in [-0.05, 0) is 41.6 Å². The molecule has 1 aromatic carbocycles. The summed E-state index contributed by atoms with van der Waals surface area (Å²) in [6.07, 6.45) is 1.17. The molecule has 0 bridgehead atoms. The molecule has 2 aromatic rings. The summed E-state index contributed by atoms with van der Waals surface area (Å²) in [5.74, 6) is 0.0778. The van der Waals surface area contributed by atoms with E-state index in [0.717, 1.165) is 0 Å². The van der Waals surface area contributed by atoms with E-state index in [0.29, 0.717) is 30.2 Å². The van der Waals surface area contributed by atoms with Crippen molar-refractivity contribution in [2.24, 2.45) is 4.99 Å². The van der Waals surface area contributed by atoms with Crippen molar-refractivity contribution in [1.29, 1.82) is 0 Å². The molecule has 0 fully saturated rings. The predicted octanol–water partition coefficient (Wildman–Crippen LogP) is 3.46. The van der Waals surface area contributed by atoms with E-state index < -0.39 is 15.7 Å². The second-order valence-corrected chi connectivity index (χ2v) is 10.5. The predicted molar refractivity (Wildman–Crippen MR) is 115 cm³/mol. The second kappa shape index (κ2) is 9.52. The maximum Gasteiger partial charge on any atom is 0.191 e. The van der Waals surface area contributed by atoms with Crippen LogP contribution in [0.1, 0.15) is 36.8 Å². The van der Waals surface area contributed by atoms with E-state index in [1.165, 1.54) is 29.3 Å². The molecule has 0 radical (unpaired) electrons. The first-order valence-corrected chi connectivity index (χ1v) is 12.1. The molecule has 154 valence electrons. The van der Waals surface area contributed by atoms with Crippen molar-refractivity contribution >= 4 is 27.1 Å². The Morgan fingerprint density at radius 3 is 2.57 bits per heavy atom. The van der Waals surface area contributed by atoms with Crippen molar-refractivity contribution in [3.8, 4) is 0 Å². The number of halogens is 1. The van der Waals surface area contributed by atoms with Gasteiger partial charge in [-0.1, -0.05) is 26.0 Å². The fourth-order valence-corrected chi connectivity index (χ4v) is 4.43. The largest absolute Gasteiger partial charge is 0.357 e. The van der Waals surface area contributed by atoms with Gasteiger partial charge < -0.3 is 10.6 Å². The SMILES string of the molecule is CCNC(=NCc1cc(F)ccc1CS(C)(=O)=O)NCC(C)(C)c1cccs1. The number of benzene rings is 1. The number of hydrogen-bond acceptors (Lipinski definition) is 4. The molecule has 28 heavy (non-hydrogen) atoms. The van der Waals surface area contributed by atoms with Crippen LogP contribution in [-0.4, -0.2) is 33.7 Å². The van der Waals surface area contributed by atoms with Gasteiger partial charge in [-0.25, -0.2) is 17.8 Å². The Bertz CT molecular complexity index is 908. The van der Waals surface area contributed by atoms with Crippen LogP contribution in [0.5, 0.6) is 0 Å². The van der Waals surface area contributed by atoms with Crippen molar-refractivity contribution in [2.45, 2.75) is 38.5 Å². The molecular formula is C20H28FN3O2S2. The van der Waals surface area contributed by atoms with Gasteiger partial charge in [-0.15, -0.1) is 11.3 Å². The minimum absolute atomic E-state index is 0.0648. The van der Waals surface area contributed by atoms with E-state index in [4.69, 9.17) is 0 Å². The molecule has 0 unspecified atom stereocenters. The standard InChI is InChI=1S/C20H28FN3O2S2/c1-5-22-19(24-14-20(2,3)18-7-6-10-27-18)23-12-16-11-17(21)9-8-15(16)13-28(4,25)26/h6-11H,5,12-14H2,1-4H3,(H2,22,23,24). The maximum absolute atomic E-state index is 13.7. The lowest BCUT2D eigenvalue weighted by atomic mass is 9.91. The van der Waals surface area contributed by atoms with E-state index in [9.17, 15) is 12.8 Å². The molecule has 0 aliphatic heterocycles. The van der Waals surface area contributed by atoms with E-state index in [-0.39, 0.29) is 17.7 Å². The summed E-state index contributed by atoms with van der Waals surface area (Å²) in [5, 5.41) is 8.58. The number of sulfone groups is 1. The molecule has 0 aliphatic rings. The lowest BCUT2D eigenvalue weighted by Crippen LogP contribution is -2.43. The third kappa shape index (κ3) is 6.91. The molecule has 8 heteroatoms. The minimum atomic E-state index is -3.22. The zero-order valence-electron chi connectivity index (χ0n) is 16.8. The first-order chi connectivity index (χ1) is 13.1. The van der Waals surface area contributed by atoms with E-state index in [1.54, 1.807) is 11.3 Å². The van der Waals surface area contributed by atoms with E-state index >= 15 is 0 Å². The Morgan fingerprint density at radius 2 is 1.96 bits per heavy atom. The number of aliphatic imine (C=N–C) groups is 1. The summed E-state index contributed by atoms with van der Waals surface area (Å²) in [6.45, 7) is 7.85. The molecule has 2 rings (SSSR count). The quantitative estimate of drug-likeness (QED) is 0.502. The third-order valence-electron chi connectivity index (χ3n) is 4.22. The van der Waals surface area contributed by atoms with Gasteiger partial charge in [0.25, 0.3) is 0 Å². The first-order valence-electron chi connectivity index (χ1n) is 9.12.